The highest BCUT2D eigenvalue weighted by Gasteiger charge is 2.25. The normalized spacial score (nSPS) is 16.2. The zero-order valence-corrected chi connectivity index (χ0v) is 10.3. The van der Waals surface area contributed by atoms with Crippen molar-refractivity contribution in [2.75, 3.05) is 12.3 Å². The average molecular weight is 220 g/mol. The molecule has 0 bridgehead atoms. The monoisotopic (exact) mass is 220 g/mol. The number of hydrogen-bond donors (Lipinski definition) is 1. The van der Waals surface area contributed by atoms with E-state index in [1.165, 1.54) is 12.8 Å². The van der Waals surface area contributed by atoms with E-state index < -0.39 is 0 Å². The second-order valence-corrected chi connectivity index (χ2v) is 5.58. The van der Waals surface area contributed by atoms with Gasteiger partial charge in [0.15, 0.2) is 11.6 Å². The van der Waals surface area contributed by atoms with Crippen molar-refractivity contribution in [3.8, 4) is 5.75 Å². The van der Waals surface area contributed by atoms with Crippen molar-refractivity contribution in [3.63, 3.8) is 0 Å². The minimum atomic E-state index is 0.0376. The molecular formula is C13H20N2O. The summed E-state index contributed by atoms with van der Waals surface area (Å²) in [5, 5.41) is 0. The summed E-state index contributed by atoms with van der Waals surface area (Å²) in [5.74, 6) is 2.02. The zero-order chi connectivity index (χ0) is 11.8. The molecule has 88 valence electrons. The second kappa shape index (κ2) is 3.96. The Morgan fingerprint density at radius 3 is 2.69 bits per heavy atom. The third-order valence-electron chi connectivity index (χ3n) is 2.90. The first-order chi connectivity index (χ1) is 7.48. The lowest BCUT2D eigenvalue weighted by atomic mass is 9.87. The average Bonchev–Trinajstić information content (AvgIpc) is 2.97. The lowest BCUT2D eigenvalue weighted by Gasteiger charge is -2.23. The molecule has 16 heavy (non-hydrogen) atoms. The van der Waals surface area contributed by atoms with Gasteiger partial charge in [-0.15, -0.1) is 0 Å². The van der Waals surface area contributed by atoms with Crippen LogP contribution < -0.4 is 10.5 Å². The van der Waals surface area contributed by atoms with Crippen molar-refractivity contribution >= 4 is 5.82 Å². The molecule has 1 aromatic rings. The summed E-state index contributed by atoms with van der Waals surface area (Å²) in [4.78, 5) is 4.10. The van der Waals surface area contributed by atoms with Gasteiger partial charge in [0, 0.05) is 11.8 Å². The van der Waals surface area contributed by atoms with E-state index in [0.29, 0.717) is 5.82 Å². The standard InChI is InChI=1S/C13H20N2O/c1-13(2,3)10-6-7-15-12(14)11(10)16-8-9-4-5-9/h6-7,9H,4-5,8H2,1-3H3,(H2,14,15). The van der Waals surface area contributed by atoms with Crippen molar-refractivity contribution < 1.29 is 4.74 Å². The number of rotatable bonds is 3. The minimum Gasteiger partial charge on any atom is -0.489 e. The van der Waals surface area contributed by atoms with E-state index in [0.717, 1.165) is 23.8 Å². The van der Waals surface area contributed by atoms with Crippen LogP contribution >= 0.6 is 0 Å². The van der Waals surface area contributed by atoms with Crippen LogP contribution in [0.5, 0.6) is 5.75 Å². The van der Waals surface area contributed by atoms with Crippen LogP contribution in [0.4, 0.5) is 5.82 Å². The molecule has 1 saturated carbocycles. The predicted molar refractivity (Wildman–Crippen MR) is 65.6 cm³/mol. The Kier molecular flexibility index (Phi) is 2.78. The Morgan fingerprint density at radius 2 is 2.12 bits per heavy atom. The molecule has 0 aromatic carbocycles. The number of hydrogen-bond acceptors (Lipinski definition) is 3. The SMILES string of the molecule is CC(C)(C)c1ccnc(N)c1OCC1CC1. The van der Waals surface area contributed by atoms with E-state index in [1.807, 2.05) is 6.07 Å². The summed E-state index contributed by atoms with van der Waals surface area (Å²) in [6, 6.07) is 2.00. The van der Waals surface area contributed by atoms with Crippen LogP contribution in [0.3, 0.4) is 0 Å². The molecule has 0 spiro atoms. The van der Waals surface area contributed by atoms with Crippen LogP contribution in [0.1, 0.15) is 39.2 Å². The number of nitrogens with two attached hydrogens (primary N) is 1. The van der Waals surface area contributed by atoms with Gasteiger partial charge in [0.05, 0.1) is 6.61 Å². The van der Waals surface area contributed by atoms with Crippen LogP contribution in [0, 0.1) is 5.92 Å². The number of pyridine rings is 1. The molecule has 2 N–H and O–H groups in total. The van der Waals surface area contributed by atoms with Crippen molar-refractivity contribution in [2.24, 2.45) is 5.92 Å². The van der Waals surface area contributed by atoms with Crippen molar-refractivity contribution in [2.45, 2.75) is 39.0 Å². The lowest BCUT2D eigenvalue weighted by Crippen LogP contribution is -2.16. The summed E-state index contributed by atoms with van der Waals surface area (Å²) in [5.41, 5.74) is 7.07. The van der Waals surface area contributed by atoms with Gasteiger partial charge in [0.2, 0.25) is 0 Å². The molecule has 1 aromatic heterocycles. The lowest BCUT2D eigenvalue weighted by molar-refractivity contribution is 0.292. The van der Waals surface area contributed by atoms with Gasteiger partial charge in [0.1, 0.15) is 0 Å². The summed E-state index contributed by atoms with van der Waals surface area (Å²) >= 11 is 0. The number of aromatic nitrogens is 1. The molecule has 0 radical (unpaired) electrons. The summed E-state index contributed by atoms with van der Waals surface area (Å²) in [7, 11) is 0. The highest BCUT2D eigenvalue weighted by Crippen LogP contribution is 2.36. The van der Waals surface area contributed by atoms with E-state index >= 15 is 0 Å². The number of nitrogen functional groups attached to an aromatic ring is 1. The topological polar surface area (TPSA) is 48.1 Å². The molecule has 1 aliphatic carbocycles. The van der Waals surface area contributed by atoms with Gasteiger partial charge in [-0.2, -0.15) is 0 Å². The Morgan fingerprint density at radius 1 is 1.44 bits per heavy atom. The highest BCUT2D eigenvalue weighted by molar-refractivity contribution is 5.53. The Labute approximate surface area is 97.0 Å². The van der Waals surface area contributed by atoms with Gasteiger partial charge < -0.3 is 10.5 Å². The smallest absolute Gasteiger partial charge is 0.166 e. The summed E-state index contributed by atoms with van der Waals surface area (Å²) in [6.45, 7) is 7.25. The maximum Gasteiger partial charge on any atom is 0.166 e. The number of nitrogens with zero attached hydrogens (tertiary/aromatic N) is 1. The molecule has 3 heteroatoms. The van der Waals surface area contributed by atoms with Crippen LogP contribution in [-0.2, 0) is 5.41 Å². The van der Waals surface area contributed by atoms with E-state index in [-0.39, 0.29) is 5.41 Å². The quantitative estimate of drug-likeness (QED) is 0.852. The van der Waals surface area contributed by atoms with Crippen LogP contribution in [0.25, 0.3) is 0 Å². The van der Waals surface area contributed by atoms with E-state index in [9.17, 15) is 0 Å². The van der Waals surface area contributed by atoms with Crippen molar-refractivity contribution in [1.29, 1.82) is 0 Å². The van der Waals surface area contributed by atoms with E-state index in [1.54, 1.807) is 6.20 Å². The first-order valence-electron chi connectivity index (χ1n) is 5.86. The predicted octanol–water partition coefficient (Wildman–Crippen LogP) is 2.75. The van der Waals surface area contributed by atoms with Crippen LogP contribution in [0.2, 0.25) is 0 Å². The summed E-state index contributed by atoms with van der Waals surface area (Å²) < 4.78 is 5.83. The first kappa shape index (κ1) is 11.2. The molecule has 0 amide bonds. The van der Waals surface area contributed by atoms with Crippen molar-refractivity contribution in [1.82, 2.24) is 4.98 Å². The third-order valence-corrected chi connectivity index (χ3v) is 2.90. The molecule has 1 heterocycles. The van der Waals surface area contributed by atoms with Gasteiger partial charge in [0.25, 0.3) is 0 Å². The number of ether oxygens (including phenoxy) is 1. The highest BCUT2D eigenvalue weighted by atomic mass is 16.5. The van der Waals surface area contributed by atoms with Gasteiger partial charge in [-0.3, -0.25) is 0 Å². The van der Waals surface area contributed by atoms with Gasteiger partial charge >= 0.3 is 0 Å². The van der Waals surface area contributed by atoms with Gasteiger partial charge in [-0.25, -0.2) is 4.98 Å². The zero-order valence-electron chi connectivity index (χ0n) is 10.3. The Balaban J connectivity index is 2.24. The maximum atomic E-state index is 5.89. The molecule has 3 nitrogen and oxygen atoms in total. The van der Waals surface area contributed by atoms with Crippen molar-refractivity contribution in [3.05, 3.63) is 17.8 Å². The minimum absolute atomic E-state index is 0.0376. The Bertz CT molecular complexity index is 378. The fourth-order valence-electron chi connectivity index (χ4n) is 1.69. The molecule has 2 rings (SSSR count). The number of anilines is 1. The van der Waals surface area contributed by atoms with Gasteiger partial charge in [-0.05, 0) is 30.2 Å². The van der Waals surface area contributed by atoms with Gasteiger partial charge in [-0.1, -0.05) is 20.8 Å². The van der Waals surface area contributed by atoms with Crippen LogP contribution in [-0.4, -0.2) is 11.6 Å². The largest absolute Gasteiger partial charge is 0.489 e. The van der Waals surface area contributed by atoms with E-state index in [2.05, 4.69) is 25.8 Å². The fourth-order valence-corrected chi connectivity index (χ4v) is 1.69. The molecule has 0 unspecified atom stereocenters. The Hall–Kier alpha value is -1.25. The second-order valence-electron chi connectivity index (χ2n) is 5.58. The fraction of sp³-hybridized carbons (Fsp3) is 0.615. The molecule has 1 fully saturated rings. The third kappa shape index (κ3) is 2.46. The molecule has 0 aliphatic heterocycles. The molecular weight excluding hydrogens is 200 g/mol. The summed E-state index contributed by atoms with van der Waals surface area (Å²) in [6.07, 6.45) is 4.32. The van der Waals surface area contributed by atoms with Crippen LogP contribution in [0.15, 0.2) is 12.3 Å². The molecule has 1 aliphatic rings. The first-order valence-corrected chi connectivity index (χ1v) is 5.86. The molecule has 0 atom stereocenters. The maximum absolute atomic E-state index is 5.89. The van der Waals surface area contributed by atoms with E-state index in [4.69, 9.17) is 10.5 Å². The molecule has 0 saturated heterocycles.